The normalized spacial score (nSPS) is 19.2. The van der Waals surface area contributed by atoms with Gasteiger partial charge in [0.25, 0.3) is 0 Å². The highest BCUT2D eigenvalue weighted by atomic mass is 32.2. The van der Waals surface area contributed by atoms with Gasteiger partial charge in [-0.1, -0.05) is 5.16 Å². The Hall–Kier alpha value is -2.46. The lowest BCUT2D eigenvalue weighted by molar-refractivity contribution is -0.121. The van der Waals surface area contributed by atoms with E-state index in [0.29, 0.717) is 22.9 Å². The minimum atomic E-state index is -3.71. The Balaban J connectivity index is 1.60. The zero-order valence-electron chi connectivity index (χ0n) is 19.3. The van der Waals surface area contributed by atoms with E-state index >= 15 is 0 Å². The quantitative estimate of drug-likeness (QED) is 0.632. The summed E-state index contributed by atoms with van der Waals surface area (Å²) < 4.78 is 36.2. The summed E-state index contributed by atoms with van der Waals surface area (Å²) >= 11 is 0. The fourth-order valence-corrected chi connectivity index (χ4v) is 6.02. The van der Waals surface area contributed by atoms with Gasteiger partial charge in [0.05, 0.1) is 18.4 Å². The first-order valence-corrected chi connectivity index (χ1v) is 12.4. The second-order valence-electron chi connectivity index (χ2n) is 8.67. The summed E-state index contributed by atoms with van der Waals surface area (Å²) in [4.78, 5) is 19.0. The molecule has 1 aliphatic carbocycles. The van der Waals surface area contributed by atoms with E-state index in [2.05, 4.69) is 34.5 Å². The van der Waals surface area contributed by atoms with E-state index in [4.69, 9.17) is 9.26 Å². The van der Waals surface area contributed by atoms with Crippen molar-refractivity contribution in [1.82, 2.24) is 20.4 Å². The Labute approximate surface area is 189 Å². The standard InChI is InChI=1S/C22H32N4O5S/c1-14-10-18(30-5)11-15(2)22(14)32(28,29)13-21-24-19(25-31-21)12-20(27)23-16-6-8-17(9-7-16)26(3)4/h10-11,16-17H,6-9,12-13H2,1-5H3,(H,23,27). The number of benzene rings is 1. The van der Waals surface area contributed by atoms with Crippen molar-refractivity contribution in [1.29, 1.82) is 0 Å². The van der Waals surface area contributed by atoms with Crippen molar-refractivity contribution in [2.75, 3.05) is 21.2 Å². The molecule has 176 valence electrons. The van der Waals surface area contributed by atoms with Crippen LogP contribution in [0, 0.1) is 13.8 Å². The Morgan fingerprint density at radius 1 is 1.19 bits per heavy atom. The second kappa shape index (κ2) is 9.99. The lowest BCUT2D eigenvalue weighted by Crippen LogP contribution is -2.42. The van der Waals surface area contributed by atoms with Crippen LogP contribution in [-0.4, -0.2) is 62.7 Å². The van der Waals surface area contributed by atoms with Crippen LogP contribution < -0.4 is 10.1 Å². The largest absolute Gasteiger partial charge is 0.497 e. The number of hydrogen-bond acceptors (Lipinski definition) is 8. The maximum Gasteiger partial charge on any atom is 0.242 e. The molecular formula is C22H32N4O5S. The van der Waals surface area contributed by atoms with Crippen LogP contribution in [0.2, 0.25) is 0 Å². The van der Waals surface area contributed by atoms with E-state index in [1.165, 1.54) is 7.11 Å². The molecule has 32 heavy (non-hydrogen) atoms. The molecule has 1 N–H and O–H groups in total. The lowest BCUT2D eigenvalue weighted by atomic mass is 9.90. The highest BCUT2D eigenvalue weighted by Gasteiger charge is 2.26. The van der Waals surface area contributed by atoms with Crippen molar-refractivity contribution in [2.45, 2.75) is 68.7 Å². The highest BCUT2D eigenvalue weighted by Crippen LogP contribution is 2.28. The van der Waals surface area contributed by atoms with Gasteiger partial charge in [0.2, 0.25) is 11.8 Å². The highest BCUT2D eigenvalue weighted by molar-refractivity contribution is 7.90. The van der Waals surface area contributed by atoms with Crippen LogP contribution in [0.25, 0.3) is 0 Å². The molecular weight excluding hydrogens is 432 g/mol. The van der Waals surface area contributed by atoms with Crippen molar-refractivity contribution >= 4 is 15.7 Å². The number of hydrogen-bond donors (Lipinski definition) is 1. The average molecular weight is 465 g/mol. The molecule has 0 spiro atoms. The SMILES string of the molecule is COc1cc(C)c(S(=O)(=O)Cc2nc(CC(=O)NC3CCC(N(C)C)CC3)no2)c(C)c1. The van der Waals surface area contributed by atoms with Crippen LogP contribution in [0.4, 0.5) is 0 Å². The van der Waals surface area contributed by atoms with Gasteiger partial charge in [-0.25, -0.2) is 8.42 Å². The number of nitrogens with one attached hydrogen (secondary N) is 1. The number of carbonyl (C=O) groups is 1. The zero-order chi connectivity index (χ0) is 23.5. The van der Waals surface area contributed by atoms with Crippen LogP contribution >= 0.6 is 0 Å². The van der Waals surface area contributed by atoms with Gasteiger partial charge in [-0.3, -0.25) is 4.79 Å². The van der Waals surface area contributed by atoms with Crippen LogP contribution in [0.5, 0.6) is 5.75 Å². The molecule has 9 nitrogen and oxygen atoms in total. The molecule has 1 aromatic heterocycles. The molecule has 0 bridgehead atoms. The lowest BCUT2D eigenvalue weighted by Gasteiger charge is -2.32. The summed E-state index contributed by atoms with van der Waals surface area (Å²) in [5.41, 5.74) is 1.18. The van der Waals surface area contributed by atoms with E-state index < -0.39 is 15.6 Å². The molecule has 0 atom stereocenters. The molecule has 1 aromatic carbocycles. The predicted octanol–water partition coefficient (Wildman–Crippen LogP) is 2.20. The summed E-state index contributed by atoms with van der Waals surface area (Å²) in [5, 5.41) is 6.82. The molecule has 3 rings (SSSR count). The number of nitrogens with zero attached hydrogens (tertiary/aromatic N) is 3. The van der Waals surface area contributed by atoms with E-state index in [1.807, 2.05) is 0 Å². The van der Waals surface area contributed by atoms with Crippen LogP contribution in [0.1, 0.15) is 48.5 Å². The Morgan fingerprint density at radius 3 is 2.38 bits per heavy atom. The van der Waals surface area contributed by atoms with Gasteiger partial charge in [0, 0.05) is 12.1 Å². The minimum Gasteiger partial charge on any atom is -0.497 e. The number of carbonyl (C=O) groups excluding carboxylic acids is 1. The van der Waals surface area contributed by atoms with E-state index in [9.17, 15) is 13.2 Å². The monoisotopic (exact) mass is 464 g/mol. The van der Waals surface area contributed by atoms with Crippen molar-refractivity contribution in [3.63, 3.8) is 0 Å². The van der Waals surface area contributed by atoms with E-state index in [-0.39, 0.29) is 35.0 Å². The topological polar surface area (TPSA) is 115 Å². The zero-order valence-corrected chi connectivity index (χ0v) is 20.2. The third kappa shape index (κ3) is 5.86. The van der Waals surface area contributed by atoms with Gasteiger partial charge >= 0.3 is 0 Å². The number of methoxy groups -OCH3 is 1. The fraction of sp³-hybridized carbons (Fsp3) is 0.591. The summed E-state index contributed by atoms with van der Waals surface area (Å²) in [6, 6.07) is 4.06. The third-order valence-corrected chi connectivity index (χ3v) is 7.81. The summed E-state index contributed by atoms with van der Waals surface area (Å²) in [5.74, 6) is 0.131. The van der Waals surface area contributed by atoms with Crippen molar-refractivity contribution in [3.8, 4) is 5.75 Å². The van der Waals surface area contributed by atoms with Gasteiger partial charge in [-0.2, -0.15) is 4.98 Å². The summed E-state index contributed by atoms with van der Waals surface area (Å²) in [7, 11) is 1.99. The Kier molecular flexibility index (Phi) is 7.55. The Morgan fingerprint density at radius 2 is 1.81 bits per heavy atom. The molecule has 0 aliphatic heterocycles. The maximum atomic E-state index is 13.0. The summed E-state index contributed by atoms with van der Waals surface area (Å²) in [6.45, 7) is 3.44. The first kappa shape index (κ1) is 24.2. The third-order valence-electron chi connectivity index (χ3n) is 5.91. The molecule has 1 amide bonds. The second-order valence-corrected chi connectivity index (χ2v) is 10.6. The van der Waals surface area contributed by atoms with Crippen molar-refractivity contribution < 1.29 is 22.5 Å². The molecule has 0 saturated heterocycles. The van der Waals surface area contributed by atoms with Crippen molar-refractivity contribution in [3.05, 3.63) is 35.0 Å². The molecule has 1 aliphatic rings. The van der Waals surface area contributed by atoms with Gasteiger partial charge in [0.15, 0.2) is 15.7 Å². The number of ether oxygens (including phenoxy) is 1. The number of aryl methyl sites for hydroxylation is 2. The first-order chi connectivity index (χ1) is 15.1. The Bertz CT molecular complexity index is 1030. The smallest absolute Gasteiger partial charge is 0.242 e. The molecule has 10 heteroatoms. The van der Waals surface area contributed by atoms with Crippen LogP contribution in [-0.2, 0) is 26.8 Å². The molecule has 0 radical (unpaired) electrons. The first-order valence-electron chi connectivity index (χ1n) is 10.7. The molecule has 2 aromatic rings. The number of amides is 1. The van der Waals surface area contributed by atoms with Gasteiger partial charge in [-0.05, 0) is 76.9 Å². The van der Waals surface area contributed by atoms with Gasteiger partial charge in [-0.15, -0.1) is 0 Å². The molecule has 1 saturated carbocycles. The fourth-order valence-electron chi connectivity index (χ4n) is 4.33. The number of rotatable bonds is 8. The van der Waals surface area contributed by atoms with Gasteiger partial charge in [0.1, 0.15) is 11.5 Å². The van der Waals surface area contributed by atoms with Crippen LogP contribution in [0.3, 0.4) is 0 Å². The van der Waals surface area contributed by atoms with Crippen LogP contribution in [0.15, 0.2) is 21.6 Å². The van der Waals surface area contributed by atoms with E-state index in [1.54, 1.807) is 26.0 Å². The minimum absolute atomic E-state index is 0.0334. The van der Waals surface area contributed by atoms with E-state index in [0.717, 1.165) is 25.7 Å². The molecule has 1 heterocycles. The number of aromatic nitrogens is 2. The summed E-state index contributed by atoms with van der Waals surface area (Å²) in [6.07, 6.45) is 3.92. The molecule has 0 unspecified atom stereocenters. The maximum absolute atomic E-state index is 13.0. The van der Waals surface area contributed by atoms with Gasteiger partial charge < -0.3 is 19.5 Å². The van der Waals surface area contributed by atoms with Crippen molar-refractivity contribution in [2.24, 2.45) is 0 Å². The molecule has 1 fully saturated rings. The number of sulfone groups is 1. The predicted molar refractivity (Wildman–Crippen MR) is 119 cm³/mol. The average Bonchev–Trinajstić information content (AvgIpc) is 3.13.